The Morgan fingerprint density at radius 3 is 2.38 bits per heavy atom. The van der Waals surface area contributed by atoms with E-state index in [0.29, 0.717) is 12.2 Å². The quantitative estimate of drug-likeness (QED) is 0.510. The summed E-state index contributed by atoms with van der Waals surface area (Å²) in [4.78, 5) is 0. The van der Waals surface area contributed by atoms with E-state index in [-0.39, 0.29) is 59.7 Å². The van der Waals surface area contributed by atoms with Gasteiger partial charge in [0.05, 0.1) is 11.0 Å². The molecule has 3 nitrogen and oxygen atoms in total. The monoisotopic (exact) mass is 216 g/mol. The minimum atomic E-state index is -2.86. The standard InChI is InChI=1S/C7H14O3S.Al.Li.4H/c1-6-3-5-11(9,10)7(6)2-4-8;;;;;;/h6-8H,2-5H2,1H3;;;;;;/q;+3;+1;4*-1. The van der Waals surface area contributed by atoms with Gasteiger partial charge in [-0.15, -0.1) is 0 Å². The zero-order valence-corrected chi connectivity index (χ0v) is 10.2. The molecule has 1 N–H and O–H groups in total. The zero-order chi connectivity index (χ0) is 8.48. The van der Waals surface area contributed by atoms with Crippen molar-refractivity contribution in [2.24, 2.45) is 5.92 Å². The molecule has 0 aromatic rings. The first-order chi connectivity index (χ1) is 5.08. The van der Waals surface area contributed by atoms with Crippen LogP contribution in [0.15, 0.2) is 0 Å². The van der Waals surface area contributed by atoms with Crippen LogP contribution in [0.4, 0.5) is 0 Å². The van der Waals surface area contributed by atoms with Crippen LogP contribution in [0, 0.1) is 5.92 Å². The van der Waals surface area contributed by atoms with Crippen molar-refractivity contribution in [3.63, 3.8) is 0 Å². The summed E-state index contributed by atoms with van der Waals surface area (Å²) in [5, 5.41) is 8.33. The number of sulfone groups is 1. The summed E-state index contributed by atoms with van der Waals surface area (Å²) >= 11 is 0. The number of aliphatic hydroxyl groups excluding tert-OH is 1. The molecule has 1 fully saturated rings. The summed E-state index contributed by atoms with van der Waals surface area (Å²) in [7, 11) is -2.86. The predicted octanol–water partition coefficient (Wildman–Crippen LogP) is -2.73. The summed E-state index contributed by atoms with van der Waals surface area (Å²) in [6, 6.07) is 0. The van der Waals surface area contributed by atoms with E-state index >= 15 is 0 Å². The first-order valence-corrected chi connectivity index (χ1v) is 5.62. The summed E-state index contributed by atoms with van der Waals surface area (Å²) < 4.78 is 22.5. The van der Waals surface area contributed by atoms with Crippen LogP contribution in [0.25, 0.3) is 0 Å². The van der Waals surface area contributed by atoms with Crippen molar-refractivity contribution in [3.8, 4) is 0 Å². The third-order valence-corrected chi connectivity index (χ3v) is 4.79. The molecule has 0 aromatic carbocycles. The largest absolute Gasteiger partial charge is 3.00 e. The Hall–Kier alpha value is 1.04. The van der Waals surface area contributed by atoms with Gasteiger partial charge in [0.1, 0.15) is 0 Å². The van der Waals surface area contributed by atoms with Crippen molar-refractivity contribution >= 4 is 27.2 Å². The molecule has 0 saturated carbocycles. The number of hydrogen-bond acceptors (Lipinski definition) is 3. The Kier molecular flexibility index (Phi) is 8.25. The normalized spacial score (nSPS) is 30.3. The maximum atomic E-state index is 11.3. The summed E-state index contributed by atoms with van der Waals surface area (Å²) in [5.74, 6) is 0.533. The minimum absolute atomic E-state index is 0. The maximum Gasteiger partial charge on any atom is 3.00 e. The predicted molar refractivity (Wildman–Crippen MR) is 53.3 cm³/mol. The van der Waals surface area contributed by atoms with E-state index in [2.05, 4.69) is 0 Å². The molecule has 0 aliphatic carbocycles. The van der Waals surface area contributed by atoms with Gasteiger partial charge >= 0.3 is 36.2 Å². The molecule has 2 atom stereocenters. The molecule has 1 aliphatic rings. The Labute approximate surface area is 108 Å². The molecule has 0 bridgehead atoms. The van der Waals surface area contributed by atoms with Crippen molar-refractivity contribution in [1.29, 1.82) is 0 Å². The summed E-state index contributed by atoms with van der Waals surface area (Å²) in [5.41, 5.74) is 0. The van der Waals surface area contributed by atoms with Crippen molar-refractivity contribution in [1.82, 2.24) is 0 Å². The zero-order valence-electron chi connectivity index (χ0n) is 12.2. The van der Waals surface area contributed by atoms with Crippen molar-refractivity contribution in [2.45, 2.75) is 25.0 Å². The molecule has 0 aromatic heterocycles. The van der Waals surface area contributed by atoms with E-state index in [0.717, 1.165) is 6.42 Å². The van der Waals surface area contributed by atoms with E-state index in [1.165, 1.54) is 0 Å². The molecule has 2 unspecified atom stereocenters. The fraction of sp³-hybridized carbons (Fsp3) is 1.00. The van der Waals surface area contributed by atoms with Crippen LogP contribution in [0.1, 0.15) is 25.5 Å². The molecule has 13 heavy (non-hydrogen) atoms. The summed E-state index contributed by atoms with van der Waals surface area (Å²) in [6.45, 7) is 1.92. The minimum Gasteiger partial charge on any atom is -1.00 e. The van der Waals surface area contributed by atoms with Crippen LogP contribution in [0.5, 0.6) is 0 Å². The van der Waals surface area contributed by atoms with Gasteiger partial charge in [0.25, 0.3) is 0 Å². The second kappa shape index (κ2) is 6.51. The van der Waals surface area contributed by atoms with Crippen LogP contribution in [-0.2, 0) is 9.84 Å². The van der Waals surface area contributed by atoms with Crippen LogP contribution in [0.3, 0.4) is 0 Å². The van der Waals surface area contributed by atoms with E-state index in [1.807, 2.05) is 6.92 Å². The van der Waals surface area contributed by atoms with Crippen molar-refractivity contribution in [2.75, 3.05) is 12.4 Å². The Bertz CT molecular complexity index is 243. The third-order valence-electron chi connectivity index (χ3n) is 2.37. The average molecular weight is 216 g/mol. The van der Waals surface area contributed by atoms with E-state index < -0.39 is 9.84 Å². The second-order valence-electron chi connectivity index (χ2n) is 3.18. The molecular weight excluding hydrogens is 198 g/mol. The number of aliphatic hydroxyl groups is 1. The van der Waals surface area contributed by atoms with Gasteiger partial charge in [-0.05, 0) is 18.8 Å². The van der Waals surface area contributed by atoms with Crippen LogP contribution in [-0.4, -0.2) is 48.5 Å². The number of hydrogen-bond donors (Lipinski definition) is 1. The van der Waals surface area contributed by atoms with E-state index in [9.17, 15) is 8.42 Å². The topological polar surface area (TPSA) is 54.4 Å². The van der Waals surface area contributed by atoms with Gasteiger partial charge in [-0.1, -0.05) is 6.92 Å². The van der Waals surface area contributed by atoms with Crippen LogP contribution in [0.2, 0.25) is 0 Å². The fourth-order valence-electron chi connectivity index (χ4n) is 1.63. The van der Waals surface area contributed by atoms with Crippen LogP contribution >= 0.6 is 0 Å². The molecule has 1 aliphatic heterocycles. The van der Waals surface area contributed by atoms with Crippen LogP contribution < -0.4 is 18.9 Å². The Morgan fingerprint density at radius 2 is 2.08 bits per heavy atom. The Morgan fingerprint density at radius 1 is 1.54 bits per heavy atom. The van der Waals surface area contributed by atoms with E-state index in [1.54, 1.807) is 0 Å². The second-order valence-corrected chi connectivity index (χ2v) is 5.52. The van der Waals surface area contributed by atoms with E-state index in [4.69, 9.17) is 5.11 Å². The SMILES string of the molecule is CC1CCS(=O)(=O)C1CCO.[Al+3].[H-].[H-].[H-].[H-].[Li+]. The van der Waals surface area contributed by atoms with Crippen molar-refractivity contribution in [3.05, 3.63) is 0 Å². The molecular formula is C7H18AlLiO3S. The van der Waals surface area contributed by atoms with Gasteiger partial charge in [-0.3, -0.25) is 0 Å². The molecule has 0 amide bonds. The summed E-state index contributed by atoms with van der Waals surface area (Å²) in [6.07, 6.45) is 1.16. The first kappa shape index (κ1) is 16.5. The maximum absolute atomic E-state index is 11.3. The molecule has 0 spiro atoms. The van der Waals surface area contributed by atoms with Gasteiger partial charge in [0.2, 0.25) is 0 Å². The molecule has 1 rings (SSSR count). The van der Waals surface area contributed by atoms with Gasteiger partial charge in [0, 0.05) is 6.61 Å². The number of rotatable bonds is 2. The van der Waals surface area contributed by atoms with Gasteiger partial charge < -0.3 is 10.8 Å². The smallest absolute Gasteiger partial charge is 1.00 e. The van der Waals surface area contributed by atoms with Gasteiger partial charge in [-0.25, -0.2) is 8.42 Å². The molecule has 0 radical (unpaired) electrons. The van der Waals surface area contributed by atoms with Crippen molar-refractivity contribution < 1.29 is 38.1 Å². The first-order valence-electron chi connectivity index (χ1n) is 3.90. The third kappa shape index (κ3) is 3.96. The molecule has 6 heteroatoms. The van der Waals surface area contributed by atoms with Gasteiger partial charge in [-0.2, -0.15) is 0 Å². The Balaban J connectivity index is -0.0000000504. The molecule has 1 saturated heterocycles. The van der Waals surface area contributed by atoms with Gasteiger partial charge in [0.15, 0.2) is 9.84 Å². The molecule has 74 valence electrons. The molecule has 1 heterocycles. The average Bonchev–Trinajstić information content (AvgIpc) is 2.16. The fourth-order valence-corrected chi connectivity index (χ4v) is 3.94.